The van der Waals surface area contributed by atoms with Crippen molar-refractivity contribution in [3.63, 3.8) is 0 Å². The Hall–Kier alpha value is -1.89. The van der Waals surface area contributed by atoms with Crippen molar-refractivity contribution in [1.82, 2.24) is 10.3 Å². The highest BCUT2D eigenvalue weighted by Crippen LogP contribution is 2.29. The summed E-state index contributed by atoms with van der Waals surface area (Å²) in [6.45, 7) is 5.47. The largest absolute Gasteiger partial charge is 0.481 e. The Bertz CT molecular complexity index is 470. The van der Waals surface area contributed by atoms with Crippen molar-refractivity contribution in [2.24, 2.45) is 0 Å². The summed E-state index contributed by atoms with van der Waals surface area (Å²) in [5, 5.41) is 14.5. The van der Waals surface area contributed by atoms with E-state index in [1.165, 1.54) is 19.2 Å². The minimum absolute atomic E-state index is 0.0158. The third-order valence-corrected chi connectivity index (χ3v) is 3.09. The number of anilines is 1. The molecule has 2 rings (SSSR count). The fraction of sp³-hybridized carbons (Fsp3) is 0.583. The molecule has 0 amide bonds. The Balaban J connectivity index is 2.38. The first-order valence-corrected chi connectivity index (χ1v) is 6.21. The molecule has 7 nitrogen and oxygen atoms in total. The number of methoxy groups -OCH3 is 1. The number of nitro groups is 1. The van der Waals surface area contributed by atoms with Gasteiger partial charge in [-0.25, -0.2) is 0 Å². The maximum Gasteiger partial charge on any atom is 0.311 e. The summed E-state index contributed by atoms with van der Waals surface area (Å²) in [7, 11) is 1.50. The Kier molecular flexibility index (Phi) is 3.84. The molecule has 2 heterocycles. The predicted octanol–water partition coefficient (Wildman–Crippen LogP) is 1.18. The smallest absolute Gasteiger partial charge is 0.311 e. The van der Waals surface area contributed by atoms with Crippen LogP contribution < -0.4 is 15.0 Å². The van der Waals surface area contributed by atoms with Gasteiger partial charge in [0.2, 0.25) is 11.7 Å². The second-order valence-electron chi connectivity index (χ2n) is 4.83. The van der Waals surface area contributed by atoms with E-state index in [0.29, 0.717) is 24.8 Å². The van der Waals surface area contributed by atoms with E-state index in [0.717, 1.165) is 0 Å². The van der Waals surface area contributed by atoms with E-state index in [9.17, 15) is 10.1 Å². The average Bonchev–Trinajstić information content (AvgIpc) is 2.36. The molecule has 2 unspecified atom stereocenters. The molecular formula is C12H18N4O3. The second-order valence-corrected chi connectivity index (χ2v) is 4.83. The molecule has 0 aromatic carbocycles. The third kappa shape index (κ3) is 2.93. The Morgan fingerprint density at radius 1 is 1.42 bits per heavy atom. The average molecular weight is 266 g/mol. The zero-order chi connectivity index (χ0) is 14.0. The van der Waals surface area contributed by atoms with Crippen molar-refractivity contribution in [2.75, 3.05) is 25.1 Å². The number of piperazine rings is 1. The summed E-state index contributed by atoms with van der Waals surface area (Å²) in [4.78, 5) is 16.9. The van der Waals surface area contributed by atoms with Crippen LogP contribution in [0.2, 0.25) is 0 Å². The van der Waals surface area contributed by atoms with Crippen LogP contribution in [0, 0.1) is 10.1 Å². The summed E-state index contributed by atoms with van der Waals surface area (Å²) in [5.41, 5.74) is 0.0158. The monoisotopic (exact) mass is 266 g/mol. The highest BCUT2D eigenvalue weighted by atomic mass is 16.6. The number of nitrogens with zero attached hydrogens (tertiary/aromatic N) is 3. The van der Waals surface area contributed by atoms with Crippen LogP contribution in [0.15, 0.2) is 12.1 Å². The first-order chi connectivity index (χ1) is 9.01. The lowest BCUT2D eigenvalue weighted by atomic mass is 10.1. The van der Waals surface area contributed by atoms with E-state index < -0.39 is 4.92 Å². The second kappa shape index (κ2) is 5.40. The summed E-state index contributed by atoms with van der Waals surface area (Å²) >= 11 is 0. The minimum atomic E-state index is -0.404. The fourth-order valence-electron chi connectivity index (χ4n) is 2.41. The molecule has 0 saturated carbocycles. The van der Waals surface area contributed by atoms with Gasteiger partial charge in [0.1, 0.15) is 0 Å². The molecule has 1 aliphatic heterocycles. The van der Waals surface area contributed by atoms with E-state index in [1.807, 2.05) is 4.90 Å². The van der Waals surface area contributed by atoms with E-state index >= 15 is 0 Å². The lowest BCUT2D eigenvalue weighted by Crippen LogP contribution is -2.54. The van der Waals surface area contributed by atoms with Gasteiger partial charge in [-0.05, 0) is 13.8 Å². The Labute approximate surface area is 111 Å². The quantitative estimate of drug-likeness (QED) is 0.653. The first kappa shape index (κ1) is 13.5. The zero-order valence-electron chi connectivity index (χ0n) is 11.3. The molecule has 1 aliphatic rings. The standard InChI is InChI=1S/C12H18N4O3/c1-8-6-15(7-9(2)13-8)12-10(16(17)18)4-5-11(14-12)19-3/h4-5,8-9,13H,6-7H2,1-3H3. The molecule has 104 valence electrons. The first-order valence-electron chi connectivity index (χ1n) is 6.21. The van der Waals surface area contributed by atoms with Gasteiger partial charge in [0.15, 0.2) is 0 Å². The molecular weight excluding hydrogens is 248 g/mol. The van der Waals surface area contributed by atoms with Gasteiger partial charge in [0.05, 0.1) is 12.0 Å². The van der Waals surface area contributed by atoms with Gasteiger partial charge in [-0.1, -0.05) is 0 Å². The number of nitrogens with one attached hydrogen (secondary N) is 1. The van der Waals surface area contributed by atoms with Gasteiger partial charge >= 0.3 is 5.69 Å². The number of rotatable bonds is 3. The van der Waals surface area contributed by atoms with Crippen molar-refractivity contribution in [1.29, 1.82) is 0 Å². The van der Waals surface area contributed by atoms with Crippen molar-refractivity contribution in [3.05, 3.63) is 22.2 Å². The molecule has 1 aromatic rings. The summed E-state index contributed by atoms with van der Waals surface area (Å²) in [6, 6.07) is 3.47. The normalized spacial score (nSPS) is 23.2. The SMILES string of the molecule is COc1ccc([N+](=O)[O-])c(N2CC(C)NC(C)C2)n1. The van der Waals surface area contributed by atoms with Crippen molar-refractivity contribution in [2.45, 2.75) is 25.9 Å². The molecule has 1 N–H and O–H groups in total. The zero-order valence-corrected chi connectivity index (χ0v) is 11.3. The molecule has 0 radical (unpaired) electrons. The van der Waals surface area contributed by atoms with Crippen LogP contribution in [-0.4, -0.2) is 42.2 Å². The van der Waals surface area contributed by atoms with Crippen LogP contribution in [0.25, 0.3) is 0 Å². The van der Waals surface area contributed by atoms with Gasteiger partial charge < -0.3 is 15.0 Å². The highest BCUT2D eigenvalue weighted by Gasteiger charge is 2.28. The number of hydrogen-bond acceptors (Lipinski definition) is 6. The highest BCUT2D eigenvalue weighted by molar-refractivity contribution is 5.59. The van der Waals surface area contributed by atoms with Gasteiger partial charge in [0.25, 0.3) is 0 Å². The number of aromatic nitrogens is 1. The van der Waals surface area contributed by atoms with Crippen LogP contribution in [-0.2, 0) is 0 Å². The van der Waals surface area contributed by atoms with Crippen molar-refractivity contribution >= 4 is 11.5 Å². The molecule has 1 fully saturated rings. The number of pyridine rings is 1. The van der Waals surface area contributed by atoms with Crippen LogP contribution in [0.4, 0.5) is 11.5 Å². The molecule has 19 heavy (non-hydrogen) atoms. The van der Waals surface area contributed by atoms with Crippen molar-refractivity contribution in [3.8, 4) is 5.88 Å². The topological polar surface area (TPSA) is 80.5 Å². The summed E-state index contributed by atoms with van der Waals surface area (Å²) < 4.78 is 5.06. The van der Waals surface area contributed by atoms with Gasteiger partial charge in [-0.15, -0.1) is 0 Å². The molecule has 1 saturated heterocycles. The van der Waals surface area contributed by atoms with Crippen LogP contribution in [0.3, 0.4) is 0 Å². The fourth-order valence-corrected chi connectivity index (χ4v) is 2.41. The molecule has 0 bridgehead atoms. The van der Waals surface area contributed by atoms with Gasteiger partial charge in [-0.3, -0.25) is 10.1 Å². The Morgan fingerprint density at radius 3 is 2.58 bits per heavy atom. The lowest BCUT2D eigenvalue weighted by Gasteiger charge is -2.36. The molecule has 2 atom stereocenters. The molecule has 1 aromatic heterocycles. The number of hydrogen-bond donors (Lipinski definition) is 1. The van der Waals surface area contributed by atoms with Crippen LogP contribution in [0.1, 0.15) is 13.8 Å². The van der Waals surface area contributed by atoms with E-state index in [-0.39, 0.29) is 17.8 Å². The maximum atomic E-state index is 11.1. The van der Waals surface area contributed by atoms with Crippen molar-refractivity contribution < 1.29 is 9.66 Å². The summed E-state index contributed by atoms with van der Waals surface area (Å²) in [5.74, 6) is 0.768. The molecule has 7 heteroatoms. The van der Waals surface area contributed by atoms with Gasteiger partial charge in [0, 0.05) is 37.3 Å². The van der Waals surface area contributed by atoms with E-state index in [1.54, 1.807) is 0 Å². The van der Waals surface area contributed by atoms with Gasteiger partial charge in [-0.2, -0.15) is 4.98 Å². The molecule has 0 spiro atoms. The summed E-state index contributed by atoms with van der Waals surface area (Å²) in [6.07, 6.45) is 0. The van der Waals surface area contributed by atoms with Crippen LogP contribution in [0.5, 0.6) is 5.88 Å². The third-order valence-electron chi connectivity index (χ3n) is 3.09. The van der Waals surface area contributed by atoms with Crippen LogP contribution >= 0.6 is 0 Å². The van der Waals surface area contributed by atoms with E-state index in [4.69, 9.17) is 4.74 Å². The lowest BCUT2D eigenvalue weighted by molar-refractivity contribution is -0.384. The predicted molar refractivity (Wildman–Crippen MR) is 71.7 cm³/mol. The van der Waals surface area contributed by atoms with E-state index in [2.05, 4.69) is 24.1 Å². The minimum Gasteiger partial charge on any atom is -0.481 e. The molecule has 0 aliphatic carbocycles. The maximum absolute atomic E-state index is 11.1. The Morgan fingerprint density at radius 2 is 2.05 bits per heavy atom. The number of ether oxygens (including phenoxy) is 1.